The molecule has 2 aromatic rings. The van der Waals surface area contributed by atoms with Gasteiger partial charge < -0.3 is 10.6 Å². The van der Waals surface area contributed by atoms with Crippen molar-refractivity contribution in [3.63, 3.8) is 0 Å². The molecule has 1 aliphatic heterocycles. The lowest BCUT2D eigenvalue weighted by molar-refractivity contribution is -0.121. The second-order valence-corrected chi connectivity index (χ2v) is 8.78. The minimum absolute atomic E-state index is 0.187. The van der Waals surface area contributed by atoms with Crippen molar-refractivity contribution in [3.8, 4) is 0 Å². The molecule has 2 N–H and O–H groups in total. The van der Waals surface area contributed by atoms with Crippen LogP contribution in [0.1, 0.15) is 54.5 Å². The van der Waals surface area contributed by atoms with E-state index in [0.29, 0.717) is 6.54 Å². The number of hydrogen-bond donors (Lipinski definition) is 1. The van der Waals surface area contributed by atoms with Gasteiger partial charge in [-0.15, -0.1) is 0 Å². The van der Waals surface area contributed by atoms with Crippen LogP contribution >= 0.6 is 0 Å². The lowest BCUT2D eigenvalue weighted by Crippen LogP contribution is -2.33. The molecule has 0 fully saturated rings. The lowest BCUT2D eigenvalue weighted by Gasteiger charge is -2.34. The standard InChI is InChI=1S/C23H29FN2O/c1-14-10-19(11-15(2)20(14)21(22(25)27)23(3,4)5)26-9-8-16-6-7-18(24)12-17(16)13-26/h6-7,10-12,21H,8-9,13H2,1-5H3,(H2,25,27). The molecule has 27 heavy (non-hydrogen) atoms. The summed E-state index contributed by atoms with van der Waals surface area (Å²) in [5, 5.41) is 0. The van der Waals surface area contributed by atoms with Gasteiger partial charge in [0.1, 0.15) is 5.82 Å². The number of nitrogens with two attached hydrogens (primary N) is 1. The van der Waals surface area contributed by atoms with E-state index < -0.39 is 0 Å². The zero-order chi connectivity index (χ0) is 19.9. The first-order valence-corrected chi connectivity index (χ1v) is 9.50. The predicted octanol–water partition coefficient (Wildman–Crippen LogP) is 4.62. The number of anilines is 1. The number of rotatable bonds is 3. The van der Waals surface area contributed by atoms with Gasteiger partial charge >= 0.3 is 0 Å². The van der Waals surface area contributed by atoms with E-state index in [0.717, 1.165) is 40.9 Å². The zero-order valence-corrected chi connectivity index (χ0v) is 16.9. The number of benzene rings is 2. The maximum absolute atomic E-state index is 13.6. The van der Waals surface area contributed by atoms with E-state index in [-0.39, 0.29) is 23.1 Å². The number of halogens is 1. The molecule has 144 valence electrons. The summed E-state index contributed by atoms with van der Waals surface area (Å²) in [7, 11) is 0. The Labute approximate surface area is 161 Å². The molecular formula is C23H29FN2O. The van der Waals surface area contributed by atoms with Crippen LogP contribution < -0.4 is 10.6 Å². The molecule has 4 heteroatoms. The van der Waals surface area contributed by atoms with E-state index in [1.165, 1.54) is 11.6 Å². The summed E-state index contributed by atoms with van der Waals surface area (Å²) < 4.78 is 13.6. The van der Waals surface area contributed by atoms with Crippen molar-refractivity contribution in [1.29, 1.82) is 0 Å². The fraction of sp³-hybridized carbons (Fsp3) is 0.435. The summed E-state index contributed by atoms with van der Waals surface area (Å²) >= 11 is 0. The molecule has 0 spiro atoms. The summed E-state index contributed by atoms with van der Waals surface area (Å²) in [5.41, 5.74) is 12.1. The smallest absolute Gasteiger partial charge is 0.225 e. The number of hydrogen-bond acceptors (Lipinski definition) is 2. The minimum Gasteiger partial charge on any atom is -0.369 e. The van der Waals surface area contributed by atoms with Crippen LogP contribution in [0.25, 0.3) is 0 Å². The van der Waals surface area contributed by atoms with Crippen LogP contribution in [-0.4, -0.2) is 12.5 Å². The van der Waals surface area contributed by atoms with E-state index >= 15 is 0 Å². The maximum atomic E-state index is 13.6. The first-order valence-electron chi connectivity index (χ1n) is 9.50. The molecular weight excluding hydrogens is 339 g/mol. The molecule has 0 bridgehead atoms. The van der Waals surface area contributed by atoms with E-state index in [1.54, 1.807) is 6.07 Å². The molecule has 1 atom stereocenters. The average Bonchev–Trinajstić information content (AvgIpc) is 2.55. The van der Waals surface area contributed by atoms with E-state index in [1.807, 2.05) is 40.7 Å². The van der Waals surface area contributed by atoms with Crippen molar-refractivity contribution in [2.75, 3.05) is 11.4 Å². The molecule has 2 aromatic carbocycles. The highest BCUT2D eigenvalue weighted by atomic mass is 19.1. The summed E-state index contributed by atoms with van der Waals surface area (Å²) in [5.74, 6) is -0.806. The van der Waals surface area contributed by atoms with Gasteiger partial charge in [0.05, 0.1) is 5.92 Å². The van der Waals surface area contributed by atoms with Gasteiger partial charge in [0.25, 0.3) is 0 Å². The van der Waals surface area contributed by atoms with Gasteiger partial charge in [-0.05, 0) is 77.8 Å². The number of nitrogens with zero attached hydrogens (tertiary/aromatic N) is 1. The highest BCUT2D eigenvalue weighted by Crippen LogP contribution is 2.40. The lowest BCUT2D eigenvalue weighted by atomic mass is 9.73. The van der Waals surface area contributed by atoms with Crippen molar-refractivity contribution in [2.24, 2.45) is 11.1 Å². The minimum atomic E-state index is -0.331. The summed E-state index contributed by atoms with van der Waals surface area (Å²) in [6.45, 7) is 11.8. The van der Waals surface area contributed by atoms with Crippen LogP contribution in [0.5, 0.6) is 0 Å². The Morgan fingerprint density at radius 2 is 1.74 bits per heavy atom. The van der Waals surface area contributed by atoms with Crippen molar-refractivity contribution < 1.29 is 9.18 Å². The van der Waals surface area contributed by atoms with Gasteiger partial charge in [-0.25, -0.2) is 4.39 Å². The van der Waals surface area contributed by atoms with Gasteiger partial charge in [0.2, 0.25) is 5.91 Å². The normalized spacial score (nSPS) is 15.4. The quantitative estimate of drug-likeness (QED) is 0.859. The Morgan fingerprint density at radius 1 is 1.11 bits per heavy atom. The summed E-state index contributed by atoms with van der Waals surface area (Å²) in [6, 6.07) is 9.33. The number of primary amides is 1. The van der Waals surface area contributed by atoms with Crippen LogP contribution in [0.4, 0.5) is 10.1 Å². The van der Waals surface area contributed by atoms with E-state index in [2.05, 4.69) is 17.0 Å². The SMILES string of the molecule is Cc1cc(N2CCc3ccc(F)cc3C2)cc(C)c1C(C(N)=O)C(C)(C)C. The Balaban J connectivity index is 1.97. The van der Waals surface area contributed by atoms with Crippen molar-refractivity contribution in [3.05, 3.63) is 64.0 Å². The fourth-order valence-electron chi connectivity index (χ4n) is 4.34. The van der Waals surface area contributed by atoms with E-state index in [4.69, 9.17) is 5.73 Å². The highest BCUT2D eigenvalue weighted by molar-refractivity contribution is 5.84. The first-order chi connectivity index (χ1) is 12.6. The molecule has 3 nitrogen and oxygen atoms in total. The number of amides is 1. The molecule has 0 aliphatic carbocycles. The van der Waals surface area contributed by atoms with Crippen LogP contribution in [0.3, 0.4) is 0 Å². The summed E-state index contributed by atoms with van der Waals surface area (Å²) in [6.07, 6.45) is 0.904. The average molecular weight is 368 g/mol. The Bertz CT molecular complexity index is 859. The molecule has 1 amide bonds. The van der Waals surface area contributed by atoms with Crippen LogP contribution in [-0.2, 0) is 17.8 Å². The largest absolute Gasteiger partial charge is 0.369 e. The molecule has 3 rings (SSSR count). The van der Waals surface area contributed by atoms with Crippen molar-refractivity contribution in [1.82, 2.24) is 0 Å². The third-order valence-electron chi connectivity index (χ3n) is 5.56. The Morgan fingerprint density at radius 3 is 2.30 bits per heavy atom. The van der Waals surface area contributed by atoms with Gasteiger partial charge in [-0.1, -0.05) is 26.8 Å². The predicted molar refractivity (Wildman–Crippen MR) is 108 cm³/mol. The molecule has 1 aliphatic rings. The van der Waals surface area contributed by atoms with Crippen molar-refractivity contribution in [2.45, 2.75) is 53.5 Å². The van der Waals surface area contributed by atoms with Crippen LogP contribution in [0, 0.1) is 25.1 Å². The van der Waals surface area contributed by atoms with E-state index in [9.17, 15) is 9.18 Å². The molecule has 1 heterocycles. The third kappa shape index (κ3) is 3.85. The van der Waals surface area contributed by atoms with Gasteiger partial charge in [0, 0.05) is 18.8 Å². The van der Waals surface area contributed by atoms with Gasteiger partial charge in [-0.3, -0.25) is 4.79 Å². The number of fused-ring (bicyclic) bond motifs is 1. The van der Waals surface area contributed by atoms with Crippen molar-refractivity contribution >= 4 is 11.6 Å². The fourth-order valence-corrected chi connectivity index (χ4v) is 4.34. The van der Waals surface area contributed by atoms with Gasteiger partial charge in [-0.2, -0.15) is 0 Å². The van der Waals surface area contributed by atoms with Crippen LogP contribution in [0.15, 0.2) is 30.3 Å². The molecule has 0 aromatic heterocycles. The first kappa shape index (κ1) is 19.4. The molecule has 0 radical (unpaired) electrons. The molecule has 0 saturated carbocycles. The second kappa shape index (κ2) is 6.99. The number of aryl methyl sites for hydroxylation is 2. The number of carbonyl (C=O) groups excluding carboxylic acids is 1. The Kier molecular flexibility index (Phi) is 5.02. The second-order valence-electron chi connectivity index (χ2n) is 8.78. The summed E-state index contributed by atoms with van der Waals surface area (Å²) in [4.78, 5) is 14.5. The topological polar surface area (TPSA) is 46.3 Å². The van der Waals surface area contributed by atoms with Crippen LogP contribution in [0.2, 0.25) is 0 Å². The zero-order valence-electron chi connectivity index (χ0n) is 16.9. The monoisotopic (exact) mass is 368 g/mol. The third-order valence-corrected chi connectivity index (χ3v) is 5.56. The molecule has 0 saturated heterocycles. The Hall–Kier alpha value is -2.36. The maximum Gasteiger partial charge on any atom is 0.225 e. The number of carbonyl (C=O) groups is 1. The van der Waals surface area contributed by atoms with Gasteiger partial charge in [0.15, 0.2) is 0 Å². The highest BCUT2D eigenvalue weighted by Gasteiger charge is 2.33. The molecule has 1 unspecified atom stereocenters.